The minimum atomic E-state index is -0.286. The summed E-state index contributed by atoms with van der Waals surface area (Å²) >= 11 is 0. The van der Waals surface area contributed by atoms with Gasteiger partial charge in [0.1, 0.15) is 11.7 Å². The highest BCUT2D eigenvalue weighted by Gasteiger charge is 2.25. The summed E-state index contributed by atoms with van der Waals surface area (Å²) in [6.45, 7) is 3.69. The maximum Gasteiger partial charge on any atom is 0.220 e. The lowest BCUT2D eigenvalue weighted by molar-refractivity contribution is 0.193. The average Bonchev–Trinajstić information content (AvgIpc) is 3.35. The molecule has 1 saturated heterocycles. The molecule has 10 heteroatoms. The smallest absolute Gasteiger partial charge is 0.220 e. The molecule has 0 aliphatic carbocycles. The van der Waals surface area contributed by atoms with Crippen LogP contribution in [0.3, 0.4) is 0 Å². The van der Waals surface area contributed by atoms with Gasteiger partial charge in [-0.05, 0) is 67.4 Å². The van der Waals surface area contributed by atoms with Crippen LogP contribution in [-0.2, 0) is 0 Å². The van der Waals surface area contributed by atoms with E-state index in [4.69, 9.17) is 21.9 Å². The Kier molecular flexibility index (Phi) is 7.09. The Balaban J connectivity index is 1.26. The van der Waals surface area contributed by atoms with E-state index in [0.717, 1.165) is 67.2 Å². The lowest BCUT2D eigenvalue weighted by Crippen LogP contribution is -2.37. The van der Waals surface area contributed by atoms with Crippen LogP contribution in [0, 0.1) is 11.2 Å². The second kappa shape index (κ2) is 10.8. The van der Waals surface area contributed by atoms with Gasteiger partial charge in [-0.1, -0.05) is 0 Å². The number of likely N-dealkylation sites (tertiary alicyclic amines) is 1. The predicted octanol–water partition coefficient (Wildman–Crippen LogP) is 3.76. The summed E-state index contributed by atoms with van der Waals surface area (Å²) in [7, 11) is 0. The number of imidazole rings is 1. The van der Waals surface area contributed by atoms with Gasteiger partial charge in [0.05, 0.1) is 23.4 Å². The molecule has 4 aromatic rings. The van der Waals surface area contributed by atoms with Gasteiger partial charge in [-0.15, -0.1) is 0 Å². The van der Waals surface area contributed by atoms with Gasteiger partial charge in [0.15, 0.2) is 0 Å². The first-order chi connectivity index (χ1) is 18.0. The third-order valence-corrected chi connectivity index (χ3v) is 6.73. The van der Waals surface area contributed by atoms with Crippen molar-refractivity contribution in [3.63, 3.8) is 0 Å². The summed E-state index contributed by atoms with van der Waals surface area (Å²) in [6.07, 6.45) is 5.45. The minimum Gasteiger partial charge on any atom is -0.384 e. The van der Waals surface area contributed by atoms with Crippen molar-refractivity contribution >= 4 is 17.5 Å². The van der Waals surface area contributed by atoms with Gasteiger partial charge >= 0.3 is 0 Å². The quantitative estimate of drug-likeness (QED) is 0.214. The molecule has 0 amide bonds. The molecular weight excluding hydrogens is 469 g/mol. The van der Waals surface area contributed by atoms with Gasteiger partial charge < -0.3 is 26.3 Å². The number of aromatic nitrogens is 4. The molecular formula is C27H30FN9. The van der Waals surface area contributed by atoms with E-state index in [1.807, 2.05) is 36.7 Å². The van der Waals surface area contributed by atoms with Crippen LogP contribution >= 0.6 is 0 Å². The Bertz CT molecular complexity index is 1360. The van der Waals surface area contributed by atoms with Crippen molar-refractivity contribution < 1.29 is 4.39 Å². The molecule has 0 radical (unpaired) electrons. The van der Waals surface area contributed by atoms with Gasteiger partial charge in [-0.2, -0.15) is 0 Å². The molecule has 6 N–H and O–H groups in total. The molecule has 9 nitrogen and oxygen atoms in total. The van der Waals surface area contributed by atoms with Gasteiger partial charge in [-0.25, -0.2) is 19.3 Å². The molecule has 0 unspecified atom stereocenters. The normalized spacial score (nSPS) is 14.5. The minimum absolute atomic E-state index is 0.0726. The highest BCUT2D eigenvalue weighted by Crippen LogP contribution is 2.35. The van der Waals surface area contributed by atoms with Crippen LogP contribution in [0.15, 0.2) is 67.1 Å². The maximum atomic E-state index is 13.6. The largest absolute Gasteiger partial charge is 0.384 e. The van der Waals surface area contributed by atoms with Crippen LogP contribution in [0.2, 0.25) is 0 Å². The van der Waals surface area contributed by atoms with E-state index in [1.165, 1.54) is 12.1 Å². The number of piperidine rings is 1. The molecule has 0 atom stereocenters. The molecule has 1 aliphatic rings. The fourth-order valence-electron chi connectivity index (χ4n) is 4.76. The van der Waals surface area contributed by atoms with Crippen LogP contribution in [0.25, 0.3) is 22.6 Å². The van der Waals surface area contributed by atoms with Crippen LogP contribution in [0.5, 0.6) is 0 Å². The number of anilines is 2. The Hall–Kier alpha value is -4.31. The van der Waals surface area contributed by atoms with E-state index >= 15 is 0 Å². The molecule has 37 heavy (non-hydrogen) atoms. The summed E-state index contributed by atoms with van der Waals surface area (Å²) < 4.78 is 15.7. The second-order valence-electron chi connectivity index (χ2n) is 9.15. The predicted molar refractivity (Wildman–Crippen MR) is 144 cm³/mol. The Morgan fingerprint density at radius 1 is 1.03 bits per heavy atom. The fraction of sp³-hybridized carbons (Fsp3) is 0.259. The number of rotatable bonds is 8. The number of hydrogen-bond acceptors (Lipinski definition) is 7. The topological polar surface area (TPSA) is 135 Å². The van der Waals surface area contributed by atoms with E-state index in [2.05, 4.69) is 24.8 Å². The molecule has 0 spiro atoms. The van der Waals surface area contributed by atoms with E-state index in [0.29, 0.717) is 5.69 Å². The van der Waals surface area contributed by atoms with Crippen LogP contribution in [0.1, 0.15) is 24.4 Å². The van der Waals surface area contributed by atoms with Crippen molar-refractivity contribution in [1.29, 1.82) is 5.41 Å². The summed E-state index contributed by atoms with van der Waals surface area (Å²) in [6, 6.07) is 16.0. The van der Waals surface area contributed by atoms with Crippen LogP contribution in [0.4, 0.5) is 16.0 Å². The summed E-state index contributed by atoms with van der Waals surface area (Å²) in [5, 5.41) is 10.9. The van der Waals surface area contributed by atoms with Crippen LogP contribution < -0.4 is 16.8 Å². The summed E-state index contributed by atoms with van der Waals surface area (Å²) in [5.74, 6) is -0.0112. The molecule has 0 bridgehead atoms. The fourth-order valence-corrected chi connectivity index (χ4v) is 4.76. The number of nitrogens with two attached hydrogens (primary N) is 2. The van der Waals surface area contributed by atoms with Gasteiger partial charge in [0, 0.05) is 55.2 Å². The average molecular weight is 500 g/mol. The maximum absolute atomic E-state index is 13.6. The lowest BCUT2D eigenvalue weighted by atomic mass is 10.0. The molecule has 5 rings (SSSR count). The summed E-state index contributed by atoms with van der Waals surface area (Å²) in [5.41, 5.74) is 16.3. The monoisotopic (exact) mass is 499 g/mol. The van der Waals surface area contributed by atoms with Crippen molar-refractivity contribution in [2.45, 2.75) is 18.9 Å². The van der Waals surface area contributed by atoms with Crippen molar-refractivity contribution in [2.75, 3.05) is 37.2 Å². The van der Waals surface area contributed by atoms with Crippen molar-refractivity contribution in [2.24, 2.45) is 5.73 Å². The zero-order valence-corrected chi connectivity index (χ0v) is 20.4. The van der Waals surface area contributed by atoms with E-state index < -0.39 is 0 Å². The Morgan fingerprint density at radius 2 is 1.76 bits per heavy atom. The van der Waals surface area contributed by atoms with Crippen LogP contribution in [-0.4, -0.2) is 56.4 Å². The first-order valence-electron chi connectivity index (χ1n) is 12.3. The standard InChI is InChI=1S/C27H30FN9/c28-20-5-1-18(2-6-20)24-25(23-9-12-33-27(31)35-23)37(17-34-24)22-10-14-36(15-11-22)16-13-32-21-7-3-19(4-8-21)26(29)30/h1-9,12,17,22,32H,10-11,13-16H2,(H3,29,30)(H2,31,33,35). The van der Waals surface area contributed by atoms with E-state index in [9.17, 15) is 4.39 Å². The first-order valence-corrected chi connectivity index (χ1v) is 12.3. The molecule has 1 aliphatic heterocycles. The van der Waals surface area contributed by atoms with Gasteiger partial charge in [-0.3, -0.25) is 5.41 Å². The number of nitrogens with zero attached hydrogens (tertiary/aromatic N) is 5. The van der Waals surface area contributed by atoms with Gasteiger partial charge in [0.25, 0.3) is 0 Å². The van der Waals surface area contributed by atoms with Gasteiger partial charge in [0.2, 0.25) is 5.95 Å². The summed E-state index contributed by atoms with van der Waals surface area (Å²) in [4.78, 5) is 15.7. The second-order valence-corrected chi connectivity index (χ2v) is 9.15. The first kappa shape index (κ1) is 24.4. The Labute approximate surface area is 214 Å². The van der Waals surface area contributed by atoms with Crippen molar-refractivity contribution in [3.05, 3.63) is 78.5 Å². The number of amidine groups is 1. The molecule has 3 heterocycles. The number of halogens is 1. The number of nitrogens with one attached hydrogen (secondary N) is 2. The molecule has 1 fully saturated rings. The lowest BCUT2D eigenvalue weighted by Gasteiger charge is -2.33. The SMILES string of the molecule is N=C(N)c1ccc(NCCN2CCC(n3cnc(-c4ccc(F)cc4)c3-c3ccnc(N)n3)CC2)cc1. The molecule has 190 valence electrons. The number of benzene rings is 2. The zero-order chi connectivity index (χ0) is 25.8. The van der Waals surface area contributed by atoms with E-state index in [1.54, 1.807) is 18.3 Å². The van der Waals surface area contributed by atoms with Crippen molar-refractivity contribution in [3.8, 4) is 22.6 Å². The third-order valence-electron chi connectivity index (χ3n) is 6.73. The molecule has 2 aromatic heterocycles. The third kappa shape index (κ3) is 5.59. The molecule has 0 saturated carbocycles. The molecule has 2 aromatic carbocycles. The Morgan fingerprint density at radius 3 is 2.43 bits per heavy atom. The number of nitrogen functional groups attached to an aromatic ring is 2. The number of hydrogen-bond donors (Lipinski definition) is 4. The van der Waals surface area contributed by atoms with Crippen molar-refractivity contribution in [1.82, 2.24) is 24.4 Å². The van der Waals surface area contributed by atoms with E-state index in [-0.39, 0.29) is 23.6 Å². The zero-order valence-electron chi connectivity index (χ0n) is 20.4. The highest BCUT2D eigenvalue weighted by atomic mass is 19.1. The highest BCUT2D eigenvalue weighted by molar-refractivity contribution is 5.95.